The number of hydrazine groups is 1. The van der Waals surface area contributed by atoms with E-state index in [1.54, 1.807) is 6.20 Å². The molecule has 0 radical (unpaired) electrons. The Bertz CT molecular complexity index is 341. The number of thioether (sulfide) groups is 2. The van der Waals surface area contributed by atoms with Gasteiger partial charge < -0.3 is 5.73 Å². The smallest absolute Gasteiger partial charge is 0.128 e. The van der Waals surface area contributed by atoms with Crippen LogP contribution in [0.2, 0.25) is 0 Å². The highest BCUT2D eigenvalue weighted by Gasteiger charge is 2.26. The van der Waals surface area contributed by atoms with Crippen LogP contribution in [0.1, 0.15) is 11.6 Å². The second-order valence-electron chi connectivity index (χ2n) is 3.61. The maximum atomic E-state index is 5.88. The number of aromatic nitrogens is 1. The predicted octanol–water partition coefficient (Wildman–Crippen LogP) is 1.02. The molecule has 1 fully saturated rings. The molecule has 5 N–H and O–H groups in total. The SMILES string of the molecule is NNC(c1cccnc1N)C1CSCCS1. The maximum absolute atomic E-state index is 5.88. The molecule has 0 bridgehead atoms. The van der Waals surface area contributed by atoms with Gasteiger partial charge in [0.25, 0.3) is 0 Å². The molecule has 1 aliphatic heterocycles. The summed E-state index contributed by atoms with van der Waals surface area (Å²) in [5.74, 6) is 9.72. The lowest BCUT2D eigenvalue weighted by Gasteiger charge is -2.29. The first-order valence-corrected chi connectivity index (χ1v) is 7.39. The standard InChI is InChI=1S/C10H16N4S2/c11-10-7(2-1-3-13-10)9(14-12)8-6-15-4-5-16-8/h1-3,8-9,14H,4-6,12H2,(H2,11,13). The van der Waals surface area contributed by atoms with Crippen LogP contribution in [0.3, 0.4) is 0 Å². The molecule has 4 nitrogen and oxygen atoms in total. The Morgan fingerprint density at radius 1 is 1.50 bits per heavy atom. The molecule has 1 aromatic heterocycles. The molecule has 1 saturated heterocycles. The number of rotatable bonds is 3. The van der Waals surface area contributed by atoms with Crippen LogP contribution in [0, 0.1) is 0 Å². The molecule has 2 heterocycles. The van der Waals surface area contributed by atoms with Gasteiger partial charge in [0.1, 0.15) is 5.82 Å². The number of nitrogens with zero attached hydrogens (tertiary/aromatic N) is 1. The van der Waals surface area contributed by atoms with Crippen molar-refractivity contribution in [3.63, 3.8) is 0 Å². The van der Waals surface area contributed by atoms with E-state index in [0.29, 0.717) is 11.1 Å². The van der Waals surface area contributed by atoms with Crippen LogP contribution in [0.15, 0.2) is 18.3 Å². The summed E-state index contributed by atoms with van der Waals surface area (Å²) in [7, 11) is 0. The van der Waals surface area contributed by atoms with Crippen molar-refractivity contribution in [1.29, 1.82) is 0 Å². The molecular formula is C10H16N4S2. The number of hydrogen-bond donors (Lipinski definition) is 3. The van der Waals surface area contributed by atoms with Gasteiger partial charge in [-0.3, -0.25) is 11.3 Å². The van der Waals surface area contributed by atoms with Gasteiger partial charge in [-0.15, -0.1) is 0 Å². The van der Waals surface area contributed by atoms with Crippen molar-refractivity contribution in [1.82, 2.24) is 10.4 Å². The van der Waals surface area contributed by atoms with Crippen LogP contribution in [-0.2, 0) is 0 Å². The van der Waals surface area contributed by atoms with Gasteiger partial charge in [-0.2, -0.15) is 23.5 Å². The first-order chi connectivity index (χ1) is 7.83. The number of pyridine rings is 1. The predicted molar refractivity (Wildman–Crippen MR) is 72.3 cm³/mol. The molecule has 0 amide bonds. The van der Waals surface area contributed by atoms with Crippen molar-refractivity contribution in [2.75, 3.05) is 23.0 Å². The van der Waals surface area contributed by atoms with Crippen molar-refractivity contribution in [2.24, 2.45) is 5.84 Å². The van der Waals surface area contributed by atoms with Gasteiger partial charge >= 0.3 is 0 Å². The van der Waals surface area contributed by atoms with Gasteiger partial charge in [0, 0.05) is 34.3 Å². The largest absolute Gasteiger partial charge is 0.383 e. The number of hydrogen-bond acceptors (Lipinski definition) is 6. The highest BCUT2D eigenvalue weighted by molar-refractivity contribution is 8.06. The van der Waals surface area contributed by atoms with Gasteiger partial charge in [-0.1, -0.05) is 6.07 Å². The fourth-order valence-electron chi connectivity index (χ4n) is 1.79. The van der Waals surface area contributed by atoms with E-state index >= 15 is 0 Å². The summed E-state index contributed by atoms with van der Waals surface area (Å²) in [4.78, 5) is 4.11. The van der Waals surface area contributed by atoms with Crippen LogP contribution >= 0.6 is 23.5 Å². The summed E-state index contributed by atoms with van der Waals surface area (Å²) in [5, 5.41) is 0.468. The third-order valence-corrected chi connectivity index (χ3v) is 5.46. The summed E-state index contributed by atoms with van der Waals surface area (Å²) >= 11 is 3.92. The lowest BCUT2D eigenvalue weighted by Crippen LogP contribution is -2.38. The maximum Gasteiger partial charge on any atom is 0.128 e. The Balaban J connectivity index is 2.18. The Morgan fingerprint density at radius 2 is 2.38 bits per heavy atom. The van der Waals surface area contributed by atoms with Crippen molar-refractivity contribution < 1.29 is 0 Å². The molecule has 16 heavy (non-hydrogen) atoms. The summed E-state index contributed by atoms with van der Waals surface area (Å²) < 4.78 is 0. The van der Waals surface area contributed by atoms with Crippen LogP contribution in [0.25, 0.3) is 0 Å². The molecule has 0 spiro atoms. The summed E-state index contributed by atoms with van der Waals surface area (Å²) in [6.07, 6.45) is 1.70. The van der Waals surface area contributed by atoms with E-state index in [1.807, 2.05) is 35.7 Å². The van der Waals surface area contributed by atoms with Gasteiger partial charge in [0.05, 0.1) is 6.04 Å². The molecule has 0 aromatic carbocycles. The second-order valence-corrected chi connectivity index (χ2v) is 6.10. The summed E-state index contributed by atoms with van der Waals surface area (Å²) in [6.45, 7) is 0. The van der Waals surface area contributed by atoms with Crippen LogP contribution in [0.5, 0.6) is 0 Å². The number of nitrogen functional groups attached to an aromatic ring is 1. The van der Waals surface area contributed by atoms with E-state index in [2.05, 4.69) is 10.4 Å². The van der Waals surface area contributed by atoms with E-state index in [-0.39, 0.29) is 6.04 Å². The Hall–Kier alpha value is -0.430. The molecule has 2 unspecified atom stereocenters. The van der Waals surface area contributed by atoms with Crippen LogP contribution < -0.4 is 17.0 Å². The Labute approximate surface area is 104 Å². The van der Waals surface area contributed by atoms with Gasteiger partial charge in [-0.25, -0.2) is 4.98 Å². The third kappa shape index (κ3) is 2.63. The van der Waals surface area contributed by atoms with E-state index in [9.17, 15) is 0 Å². The minimum atomic E-state index is 0.0894. The zero-order valence-electron chi connectivity index (χ0n) is 8.93. The molecule has 2 atom stereocenters. The monoisotopic (exact) mass is 256 g/mol. The summed E-state index contributed by atoms with van der Waals surface area (Å²) in [6, 6.07) is 3.98. The Kier molecular flexibility index (Phi) is 4.34. The quantitative estimate of drug-likeness (QED) is 0.553. The first kappa shape index (κ1) is 12.0. The van der Waals surface area contributed by atoms with Crippen molar-refractivity contribution in [2.45, 2.75) is 11.3 Å². The van der Waals surface area contributed by atoms with E-state index < -0.39 is 0 Å². The van der Waals surface area contributed by atoms with Crippen LogP contribution in [-0.4, -0.2) is 27.5 Å². The minimum absolute atomic E-state index is 0.0894. The third-order valence-electron chi connectivity index (χ3n) is 2.60. The molecule has 1 aliphatic rings. The molecule has 88 valence electrons. The van der Waals surface area contributed by atoms with E-state index in [4.69, 9.17) is 11.6 Å². The van der Waals surface area contributed by atoms with Crippen molar-refractivity contribution in [3.8, 4) is 0 Å². The molecule has 6 heteroatoms. The number of nitrogens with two attached hydrogens (primary N) is 2. The molecule has 1 aromatic rings. The fourth-order valence-corrected chi connectivity index (χ4v) is 4.63. The number of anilines is 1. The van der Waals surface area contributed by atoms with E-state index in [1.165, 1.54) is 11.5 Å². The van der Waals surface area contributed by atoms with Crippen molar-refractivity contribution in [3.05, 3.63) is 23.9 Å². The zero-order valence-corrected chi connectivity index (χ0v) is 10.6. The highest BCUT2D eigenvalue weighted by atomic mass is 32.2. The number of nitrogens with one attached hydrogen (secondary N) is 1. The zero-order chi connectivity index (χ0) is 11.4. The van der Waals surface area contributed by atoms with Gasteiger partial charge in [-0.05, 0) is 6.07 Å². The lowest BCUT2D eigenvalue weighted by molar-refractivity contribution is 0.553. The van der Waals surface area contributed by atoms with E-state index in [0.717, 1.165) is 11.3 Å². The van der Waals surface area contributed by atoms with Crippen molar-refractivity contribution >= 4 is 29.3 Å². The first-order valence-electron chi connectivity index (χ1n) is 5.19. The fraction of sp³-hybridized carbons (Fsp3) is 0.500. The molecular weight excluding hydrogens is 240 g/mol. The van der Waals surface area contributed by atoms with Gasteiger partial charge in [0.15, 0.2) is 0 Å². The van der Waals surface area contributed by atoms with Gasteiger partial charge in [0.2, 0.25) is 0 Å². The van der Waals surface area contributed by atoms with Crippen LogP contribution in [0.4, 0.5) is 5.82 Å². The minimum Gasteiger partial charge on any atom is -0.383 e. The molecule has 0 aliphatic carbocycles. The average molecular weight is 256 g/mol. The normalized spacial score (nSPS) is 22.9. The average Bonchev–Trinajstić information content (AvgIpc) is 2.34. The summed E-state index contributed by atoms with van der Waals surface area (Å²) in [5.41, 5.74) is 9.76. The molecule has 0 saturated carbocycles. The lowest BCUT2D eigenvalue weighted by atomic mass is 10.1. The Morgan fingerprint density at radius 3 is 3.00 bits per heavy atom. The topological polar surface area (TPSA) is 77.0 Å². The second kappa shape index (κ2) is 5.77. The highest BCUT2D eigenvalue weighted by Crippen LogP contribution is 2.34. The molecule has 2 rings (SSSR count).